The van der Waals surface area contributed by atoms with Crippen LogP contribution in [0.3, 0.4) is 0 Å². The predicted octanol–water partition coefficient (Wildman–Crippen LogP) is 3.99. The summed E-state index contributed by atoms with van der Waals surface area (Å²) in [7, 11) is 4.49. The Morgan fingerprint density at radius 1 is 0.875 bits per heavy atom. The predicted molar refractivity (Wildman–Crippen MR) is 120 cm³/mol. The van der Waals surface area contributed by atoms with Crippen LogP contribution in [-0.2, 0) is 4.79 Å². The molecule has 1 heterocycles. The van der Waals surface area contributed by atoms with Crippen molar-refractivity contribution in [2.75, 3.05) is 33.3 Å². The summed E-state index contributed by atoms with van der Waals surface area (Å²) in [6, 6.07) is 15.6. The zero-order chi connectivity index (χ0) is 22.7. The first kappa shape index (κ1) is 21.0. The molecule has 0 aliphatic carbocycles. The van der Waals surface area contributed by atoms with Crippen molar-refractivity contribution >= 4 is 33.3 Å². The number of carbonyl (C=O) groups is 1. The molecule has 0 atom stereocenters. The molecule has 1 amide bonds. The van der Waals surface area contributed by atoms with E-state index in [2.05, 4.69) is 5.32 Å². The number of ether oxygens (including phenoxy) is 4. The second kappa shape index (κ2) is 8.89. The van der Waals surface area contributed by atoms with Crippen molar-refractivity contribution in [1.82, 2.24) is 0 Å². The van der Waals surface area contributed by atoms with Gasteiger partial charge in [-0.05, 0) is 23.6 Å². The van der Waals surface area contributed by atoms with Crippen LogP contribution in [0.25, 0.3) is 21.7 Å². The summed E-state index contributed by atoms with van der Waals surface area (Å²) in [4.78, 5) is 24.6. The number of carbonyl (C=O) groups excluding carboxylic acids is 1. The molecule has 0 spiro atoms. The number of nitrogens with one attached hydrogen (secondary N) is 1. The average molecular weight is 435 g/mol. The van der Waals surface area contributed by atoms with Crippen LogP contribution in [0.5, 0.6) is 23.0 Å². The van der Waals surface area contributed by atoms with Crippen molar-refractivity contribution in [3.63, 3.8) is 0 Å². The summed E-state index contributed by atoms with van der Waals surface area (Å²) in [5, 5.41) is 4.83. The number of amides is 1. The van der Waals surface area contributed by atoms with Crippen molar-refractivity contribution in [2.45, 2.75) is 0 Å². The minimum absolute atomic E-state index is 0.250. The molecule has 0 aliphatic rings. The second-order valence-corrected chi connectivity index (χ2v) is 6.84. The lowest BCUT2D eigenvalue weighted by atomic mass is 10.1. The van der Waals surface area contributed by atoms with Crippen molar-refractivity contribution in [3.8, 4) is 23.0 Å². The zero-order valence-corrected chi connectivity index (χ0v) is 17.8. The average Bonchev–Trinajstić information content (AvgIpc) is 2.82. The van der Waals surface area contributed by atoms with E-state index in [0.29, 0.717) is 39.7 Å². The van der Waals surface area contributed by atoms with E-state index >= 15 is 0 Å². The third kappa shape index (κ3) is 4.02. The van der Waals surface area contributed by atoms with Crippen molar-refractivity contribution in [2.24, 2.45) is 0 Å². The van der Waals surface area contributed by atoms with Crippen molar-refractivity contribution < 1.29 is 28.2 Å². The minimum Gasteiger partial charge on any atom is -0.493 e. The lowest BCUT2D eigenvalue weighted by Crippen LogP contribution is -2.20. The number of fused-ring (bicyclic) bond motifs is 3. The van der Waals surface area contributed by atoms with Crippen LogP contribution < -0.4 is 29.9 Å². The largest absolute Gasteiger partial charge is 0.493 e. The molecule has 32 heavy (non-hydrogen) atoms. The van der Waals surface area contributed by atoms with Gasteiger partial charge in [0.15, 0.2) is 18.1 Å². The maximum Gasteiger partial charge on any atom is 0.344 e. The number of hydrogen-bond acceptors (Lipinski definition) is 7. The highest BCUT2D eigenvalue weighted by atomic mass is 16.5. The van der Waals surface area contributed by atoms with Gasteiger partial charge in [0.2, 0.25) is 5.75 Å². The summed E-state index contributed by atoms with van der Waals surface area (Å²) >= 11 is 0. The highest BCUT2D eigenvalue weighted by molar-refractivity contribution is 6.04. The van der Waals surface area contributed by atoms with Gasteiger partial charge in [-0.3, -0.25) is 4.79 Å². The highest BCUT2D eigenvalue weighted by Crippen LogP contribution is 2.39. The molecule has 164 valence electrons. The van der Waals surface area contributed by atoms with Gasteiger partial charge in [-0.25, -0.2) is 4.79 Å². The van der Waals surface area contributed by atoms with Gasteiger partial charge in [-0.2, -0.15) is 0 Å². The summed E-state index contributed by atoms with van der Waals surface area (Å²) in [5.41, 5.74) is 0.422. The molecule has 0 fully saturated rings. The van der Waals surface area contributed by atoms with Crippen LogP contribution >= 0.6 is 0 Å². The molecule has 0 radical (unpaired) electrons. The van der Waals surface area contributed by atoms with E-state index in [1.165, 1.54) is 21.3 Å². The Balaban J connectivity index is 1.51. The van der Waals surface area contributed by atoms with E-state index in [9.17, 15) is 9.59 Å². The van der Waals surface area contributed by atoms with E-state index in [0.717, 1.165) is 10.8 Å². The summed E-state index contributed by atoms with van der Waals surface area (Å²) in [6.07, 6.45) is 0. The number of rotatable bonds is 7. The molecule has 8 nitrogen and oxygen atoms in total. The summed E-state index contributed by atoms with van der Waals surface area (Å²) < 4.78 is 26.9. The second-order valence-electron chi connectivity index (χ2n) is 6.84. The maximum atomic E-state index is 12.4. The van der Waals surface area contributed by atoms with Gasteiger partial charge in [-0.15, -0.1) is 0 Å². The highest BCUT2D eigenvalue weighted by Gasteiger charge is 2.15. The summed E-state index contributed by atoms with van der Waals surface area (Å²) in [5.74, 6) is 1.27. The fourth-order valence-corrected chi connectivity index (χ4v) is 3.45. The fraction of sp³-hybridized carbons (Fsp3) is 0.167. The van der Waals surface area contributed by atoms with Crippen LogP contribution in [0.1, 0.15) is 0 Å². The molecule has 4 aromatic rings. The molecular formula is C24H21NO7. The first-order chi connectivity index (χ1) is 15.5. The molecule has 0 saturated heterocycles. The molecule has 0 saturated carbocycles. The molecule has 0 aliphatic heterocycles. The number of hydrogen-bond donors (Lipinski definition) is 1. The Labute approximate surface area is 183 Å². The van der Waals surface area contributed by atoms with E-state index < -0.39 is 5.63 Å². The fourth-order valence-electron chi connectivity index (χ4n) is 3.45. The monoisotopic (exact) mass is 435 g/mol. The Kier molecular flexibility index (Phi) is 5.85. The molecule has 1 N–H and O–H groups in total. The Bertz CT molecular complexity index is 1330. The van der Waals surface area contributed by atoms with Gasteiger partial charge in [-0.1, -0.05) is 18.2 Å². The molecular weight excluding hydrogens is 414 g/mol. The molecule has 0 bridgehead atoms. The van der Waals surface area contributed by atoms with Crippen LogP contribution in [0.4, 0.5) is 5.69 Å². The van der Waals surface area contributed by atoms with Gasteiger partial charge in [0.25, 0.3) is 5.91 Å². The topological polar surface area (TPSA) is 96.2 Å². The molecule has 8 heteroatoms. The van der Waals surface area contributed by atoms with Crippen LogP contribution in [0.2, 0.25) is 0 Å². The Morgan fingerprint density at radius 3 is 2.22 bits per heavy atom. The van der Waals surface area contributed by atoms with E-state index in [1.54, 1.807) is 42.5 Å². The minimum atomic E-state index is -0.426. The smallest absolute Gasteiger partial charge is 0.344 e. The zero-order valence-electron chi connectivity index (χ0n) is 17.8. The lowest BCUT2D eigenvalue weighted by molar-refractivity contribution is -0.118. The third-order valence-electron chi connectivity index (χ3n) is 4.91. The van der Waals surface area contributed by atoms with Gasteiger partial charge in [0.1, 0.15) is 11.3 Å². The first-order valence-electron chi connectivity index (χ1n) is 9.72. The quantitative estimate of drug-likeness (QED) is 0.346. The SMILES string of the molecule is COc1cc(NC(=O)COc2ccc3c(c2)oc(=O)c2ccccc23)cc(OC)c1OC. The maximum absolute atomic E-state index is 12.4. The van der Waals surface area contributed by atoms with Crippen molar-refractivity contribution in [3.05, 3.63) is 65.0 Å². The van der Waals surface area contributed by atoms with Gasteiger partial charge < -0.3 is 28.7 Å². The normalized spacial score (nSPS) is 10.7. The lowest BCUT2D eigenvalue weighted by Gasteiger charge is -2.14. The van der Waals surface area contributed by atoms with Crippen LogP contribution in [-0.4, -0.2) is 33.8 Å². The molecule has 4 rings (SSSR count). The first-order valence-corrected chi connectivity index (χ1v) is 9.72. The molecule has 3 aromatic carbocycles. The van der Waals surface area contributed by atoms with Gasteiger partial charge in [0.05, 0.1) is 26.7 Å². The van der Waals surface area contributed by atoms with Crippen LogP contribution in [0, 0.1) is 0 Å². The third-order valence-corrected chi connectivity index (χ3v) is 4.91. The summed E-state index contributed by atoms with van der Waals surface area (Å²) in [6.45, 7) is -0.250. The standard InChI is InChI=1S/C24H21NO7/c1-28-20-10-14(11-21(29-2)23(20)30-3)25-22(26)13-31-15-8-9-17-16-6-4-5-7-18(16)24(27)32-19(17)12-15/h4-12H,13H2,1-3H3,(H,25,26). The number of methoxy groups -OCH3 is 3. The molecule has 0 unspecified atom stereocenters. The molecule has 1 aromatic heterocycles. The van der Waals surface area contributed by atoms with Gasteiger partial charge >= 0.3 is 5.63 Å². The van der Waals surface area contributed by atoms with E-state index in [4.69, 9.17) is 23.4 Å². The Morgan fingerprint density at radius 2 is 1.56 bits per heavy atom. The van der Waals surface area contributed by atoms with Gasteiger partial charge in [0, 0.05) is 29.3 Å². The Hall–Kier alpha value is -4.20. The van der Waals surface area contributed by atoms with Crippen LogP contribution in [0.15, 0.2) is 63.8 Å². The van der Waals surface area contributed by atoms with Crippen molar-refractivity contribution in [1.29, 1.82) is 0 Å². The number of benzene rings is 3. The van der Waals surface area contributed by atoms with E-state index in [1.807, 2.05) is 12.1 Å². The van der Waals surface area contributed by atoms with E-state index in [-0.39, 0.29) is 12.5 Å². The number of anilines is 1.